The van der Waals surface area contributed by atoms with Gasteiger partial charge in [0.15, 0.2) is 6.61 Å². The monoisotopic (exact) mass is 489 g/mol. The first-order chi connectivity index (χ1) is 16.6. The van der Waals surface area contributed by atoms with Crippen LogP contribution >= 0.6 is 0 Å². The summed E-state index contributed by atoms with van der Waals surface area (Å²) in [6.45, 7) is 0.522. The molecule has 1 aliphatic rings. The number of halogens is 4. The van der Waals surface area contributed by atoms with E-state index in [0.29, 0.717) is 28.8 Å². The molecule has 0 fully saturated rings. The molecule has 4 rings (SSSR count). The summed E-state index contributed by atoms with van der Waals surface area (Å²) in [6, 6.07) is 9.41. The lowest BCUT2D eigenvalue weighted by molar-refractivity contribution is -0.148. The molecule has 0 bridgehead atoms. The number of carbonyl (C=O) groups is 2. The average Bonchev–Trinajstić information content (AvgIpc) is 3.13. The lowest BCUT2D eigenvalue weighted by atomic mass is 10.1. The maximum Gasteiger partial charge on any atom is 0.343 e. The third kappa shape index (κ3) is 5.39. The van der Waals surface area contributed by atoms with E-state index >= 15 is 0 Å². The zero-order valence-electron chi connectivity index (χ0n) is 18.4. The lowest BCUT2D eigenvalue weighted by Crippen LogP contribution is -2.34. The van der Waals surface area contributed by atoms with Crippen LogP contribution in [-0.4, -0.2) is 45.7 Å². The molecule has 0 atom stereocenters. The van der Waals surface area contributed by atoms with E-state index in [1.54, 1.807) is 23.1 Å². The number of hydrogen-bond acceptors (Lipinski definition) is 6. The minimum absolute atomic E-state index is 0.168. The number of aromatic nitrogens is 2. The van der Waals surface area contributed by atoms with Gasteiger partial charge in [0.1, 0.15) is 5.75 Å². The largest absolute Gasteiger partial charge is 0.471 e. The Balaban J connectivity index is 1.41. The van der Waals surface area contributed by atoms with E-state index in [2.05, 4.69) is 9.97 Å². The first-order valence-electron chi connectivity index (χ1n) is 10.4. The number of aryl methyl sites for hydroxylation is 1. The maximum atomic E-state index is 13.1. The number of hydrogen-bond donors (Lipinski definition) is 0. The fraction of sp³-hybridized carbons (Fsp3) is 0.250. The molecule has 0 radical (unpaired) electrons. The molecule has 3 heterocycles. The number of carbonyl (C=O) groups excluding carboxylic acids is 2. The SMILES string of the molecule is Cc1cc(CN2Cc3ccc(OC(=O)c4ccncc4)cc3C2=O)cnc1OCC(F)(F)C(F)F. The molecule has 2 aromatic heterocycles. The van der Waals surface area contributed by atoms with Crippen molar-refractivity contribution in [3.05, 3.63) is 82.8 Å². The summed E-state index contributed by atoms with van der Waals surface area (Å²) in [5.74, 6) is -5.11. The van der Waals surface area contributed by atoms with Gasteiger partial charge in [-0.15, -0.1) is 0 Å². The number of alkyl halides is 4. The van der Waals surface area contributed by atoms with E-state index in [9.17, 15) is 27.2 Å². The summed E-state index contributed by atoms with van der Waals surface area (Å²) in [7, 11) is 0. The summed E-state index contributed by atoms with van der Waals surface area (Å²) >= 11 is 0. The fourth-order valence-corrected chi connectivity index (χ4v) is 3.49. The van der Waals surface area contributed by atoms with E-state index in [1.807, 2.05) is 0 Å². The van der Waals surface area contributed by atoms with Gasteiger partial charge in [0.05, 0.1) is 5.56 Å². The van der Waals surface area contributed by atoms with Crippen LogP contribution in [0.2, 0.25) is 0 Å². The van der Waals surface area contributed by atoms with Gasteiger partial charge in [-0.2, -0.15) is 8.78 Å². The Labute approximate surface area is 197 Å². The van der Waals surface area contributed by atoms with Crippen molar-refractivity contribution in [3.8, 4) is 11.6 Å². The van der Waals surface area contributed by atoms with Gasteiger partial charge in [0.2, 0.25) is 5.88 Å². The zero-order valence-corrected chi connectivity index (χ0v) is 18.4. The normalized spacial score (nSPS) is 13.2. The first kappa shape index (κ1) is 24.1. The molecule has 7 nitrogen and oxygen atoms in total. The number of pyridine rings is 2. The second kappa shape index (κ2) is 9.69. The van der Waals surface area contributed by atoms with Gasteiger partial charge in [-0.1, -0.05) is 6.07 Å². The van der Waals surface area contributed by atoms with Crippen LogP contribution in [-0.2, 0) is 13.1 Å². The summed E-state index contributed by atoms with van der Waals surface area (Å²) < 4.78 is 60.9. The topological polar surface area (TPSA) is 81.6 Å². The van der Waals surface area contributed by atoms with Crippen LogP contribution in [0.3, 0.4) is 0 Å². The maximum absolute atomic E-state index is 13.1. The molecule has 1 aliphatic heterocycles. The van der Waals surface area contributed by atoms with E-state index in [-0.39, 0.29) is 24.1 Å². The Kier molecular flexibility index (Phi) is 6.68. The number of fused-ring (bicyclic) bond motifs is 1. The Morgan fingerprint density at radius 1 is 1.17 bits per heavy atom. The minimum Gasteiger partial charge on any atom is -0.471 e. The second-order valence-corrected chi connectivity index (χ2v) is 7.92. The first-order valence-corrected chi connectivity index (χ1v) is 10.4. The van der Waals surface area contributed by atoms with Gasteiger partial charge in [-0.25, -0.2) is 18.6 Å². The highest BCUT2D eigenvalue weighted by molar-refractivity contribution is 5.99. The van der Waals surface area contributed by atoms with Crippen molar-refractivity contribution < 1.29 is 36.6 Å². The molecule has 1 amide bonds. The quantitative estimate of drug-likeness (QED) is 0.264. The lowest BCUT2D eigenvalue weighted by Gasteiger charge is -2.18. The van der Waals surface area contributed by atoms with Gasteiger partial charge >= 0.3 is 18.3 Å². The number of benzene rings is 1. The van der Waals surface area contributed by atoms with Crippen LogP contribution in [0.15, 0.2) is 55.0 Å². The standard InChI is InChI=1S/C24H19F4N3O4/c1-14-8-15(10-30-20(14)34-13-24(27,28)23(25)26)11-31-12-17-2-3-18(9-19(17)21(31)32)35-22(33)16-4-6-29-7-5-16/h2-10,23H,11-13H2,1H3. The van der Waals surface area contributed by atoms with E-state index in [4.69, 9.17) is 9.47 Å². The highest BCUT2D eigenvalue weighted by Gasteiger charge is 2.42. The van der Waals surface area contributed by atoms with Gasteiger partial charge in [-0.3, -0.25) is 9.78 Å². The van der Waals surface area contributed by atoms with Crippen LogP contribution in [0.1, 0.15) is 37.4 Å². The minimum atomic E-state index is -4.29. The summed E-state index contributed by atoms with van der Waals surface area (Å²) in [5, 5.41) is 0. The molecule has 182 valence electrons. The molecule has 35 heavy (non-hydrogen) atoms. The average molecular weight is 489 g/mol. The van der Waals surface area contributed by atoms with Gasteiger partial charge in [0.25, 0.3) is 5.91 Å². The predicted molar refractivity (Wildman–Crippen MR) is 115 cm³/mol. The van der Waals surface area contributed by atoms with Crippen LogP contribution in [0, 0.1) is 6.92 Å². The number of amides is 1. The summed E-state index contributed by atoms with van der Waals surface area (Å²) in [5.41, 5.74) is 2.42. The number of rotatable bonds is 8. The van der Waals surface area contributed by atoms with Crippen LogP contribution in [0.4, 0.5) is 17.6 Å². The van der Waals surface area contributed by atoms with Crippen molar-refractivity contribution in [3.63, 3.8) is 0 Å². The van der Waals surface area contributed by atoms with E-state index < -0.39 is 24.9 Å². The molecule has 11 heteroatoms. The molecule has 0 saturated carbocycles. The van der Waals surface area contributed by atoms with Crippen molar-refractivity contribution in [2.75, 3.05) is 6.61 Å². The van der Waals surface area contributed by atoms with Crippen molar-refractivity contribution in [1.82, 2.24) is 14.9 Å². The summed E-state index contributed by atoms with van der Waals surface area (Å²) in [6.07, 6.45) is 0.425. The van der Waals surface area contributed by atoms with Gasteiger partial charge in [-0.05, 0) is 48.4 Å². The molecule has 0 unspecified atom stereocenters. The Hall–Kier alpha value is -4.02. The van der Waals surface area contributed by atoms with Gasteiger partial charge in [0, 0.05) is 42.8 Å². The van der Waals surface area contributed by atoms with E-state index in [0.717, 1.165) is 5.56 Å². The molecule has 3 aromatic rings. The third-order valence-corrected chi connectivity index (χ3v) is 5.27. The molecule has 0 saturated heterocycles. The molecule has 0 spiro atoms. The zero-order chi connectivity index (χ0) is 25.2. The predicted octanol–water partition coefficient (Wildman–Crippen LogP) is 4.44. The molecule has 1 aromatic carbocycles. The highest BCUT2D eigenvalue weighted by Crippen LogP contribution is 2.29. The third-order valence-electron chi connectivity index (χ3n) is 5.27. The molecule has 0 aliphatic carbocycles. The van der Waals surface area contributed by atoms with Crippen molar-refractivity contribution in [1.29, 1.82) is 0 Å². The Morgan fingerprint density at radius 2 is 1.91 bits per heavy atom. The number of nitrogens with zero attached hydrogens (tertiary/aromatic N) is 3. The van der Waals surface area contributed by atoms with Crippen molar-refractivity contribution >= 4 is 11.9 Å². The van der Waals surface area contributed by atoms with E-state index in [1.165, 1.54) is 43.7 Å². The fourth-order valence-electron chi connectivity index (χ4n) is 3.49. The highest BCUT2D eigenvalue weighted by atomic mass is 19.3. The van der Waals surface area contributed by atoms with Crippen molar-refractivity contribution in [2.45, 2.75) is 32.4 Å². The number of esters is 1. The van der Waals surface area contributed by atoms with Crippen LogP contribution < -0.4 is 9.47 Å². The number of ether oxygens (including phenoxy) is 2. The van der Waals surface area contributed by atoms with Gasteiger partial charge < -0.3 is 14.4 Å². The summed E-state index contributed by atoms with van der Waals surface area (Å²) in [4.78, 5) is 34.5. The molecular weight excluding hydrogens is 470 g/mol. The van der Waals surface area contributed by atoms with Crippen LogP contribution in [0.5, 0.6) is 11.6 Å². The molecular formula is C24H19F4N3O4. The van der Waals surface area contributed by atoms with Crippen molar-refractivity contribution in [2.24, 2.45) is 0 Å². The Morgan fingerprint density at radius 3 is 2.60 bits per heavy atom. The molecule has 0 N–H and O–H groups in total. The Bertz CT molecular complexity index is 1250. The smallest absolute Gasteiger partial charge is 0.343 e. The van der Waals surface area contributed by atoms with Crippen LogP contribution in [0.25, 0.3) is 0 Å². The second-order valence-electron chi connectivity index (χ2n) is 7.92.